The van der Waals surface area contributed by atoms with Crippen LogP contribution in [-0.2, 0) is 6.42 Å². The van der Waals surface area contributed by atoms with Crippen LogP contribution in [-0.4, -0.2) is 18.6 Å². The van der Waals surface area contributed by atoms with Crippen LogP contribution in [0.1, 0.15) is 4.88 Å². The lowest BCUT2D eigenvalue weighted by Gasteiger charge is -2.18. The minimum Gasteiger partial charge on any atom is -0.399 e. The second-order valence-electron chi connectivity index (χ2n) is 3.83. The molecule has 2 aromatic rings. The Morgan fingerprint density at radius 1 is 1.47 bits per heavy atom. The predicted octanol–water partition coefficient (Wildman–Crippen LogP) is 3.06. The number of hydrogen-bond donors (Lipinski definition) is 1. The number of anilines is 2. The van der Waals surface area contributed by atoms with E-state index >= 15 is 0 Å². The van der Waals surface area contributed by atoms with Crippen molar-refractivity contribution in [1.82, 2.24) is 4.98 Å². The smallest absolute Gasteiger partial charge is 0.133 e. The number of nitrogens with two attached hydrogens (primary N) is 1. The van der Waals surface area contributed by atoms with Gasteiger partial charge in [-0.25, -0.2) is 4.98 Å². The molecule has 0 fully saturated rings. The van der Waals surface area contributed by atoms with Crippen LogP contribution in [0.4, 0.5) is 11.5 Å². The van der Waals surface area contributed by atoms with Crippen molar-refractivity contribution in [2.75, 3.05) is 24.2 Å². The van der Waals surface area contributed by atoms with Crippen LogP contribution in [0.5, 0.6) is 0 Å². The largest absolute Gasteiger partial charge is 0.399 e. The lowest BCUT2D eigenvalue weighted by Crippen LogP contribution is -2.21. The van der Waals surface area contributed by atoms with E-state index in [0.717, 1.165) is 18.8 Å². The zero-order valence-electron chi connectivity index (χ0n) is 9.56. The van der Waals surface area contributed by atoms with Crippen LogP contribution in [0.15, 0.2) is 29.6 Å². The summed E-state index contributed by atoms with van der Waals surface area (Å²) >= 11 is 7.65. The highest BCUT2D eigenvalue weighted by Crippen LogP contribution is 2.19. The van der Waals surface area contributed by atoms with Crippen LogP contribution in [0.3, 0.4) is 0 Å². The highest BCUT2D eigenvalue weighted by molar-refractivity contribution is 7.09. The molecule has 2 N–H and O–H groups in total. The lowest BCUT2D eigenvalue weighted by atomic mass is 10.3. The Morgan fingerprint density at radius 2 is 2.29 bits per heavy atom. The predicted molar refractivity (Wildman–Crippen MR) is 75.0 cm³/mol. The second-order valence-corrected chi connectivity index (χ2v) is 5.25. The summed E-state index contributed by atoms with van der Waals surface area (Å²) in [6, 6.07) is 7.69. The average Bonchev–Trinajstić information content (AvgIpc) is 2.77. The lowest BCUT2D eigenvalue weighted by molar-refractivity contribution is 0.869. The van der Waals surface area contributed by atoms with E-state index in [1.807, 2.05) is 13.1 Å². The van der Waals surface area contributed by atoms with Crippen LogP contribution in [0.25, 0.3) is 0 Å². The van der Waals surface area contributed by atoms with Crippen LogP contribution in [0, 0.1) is 0 Å². The van der Waals surface area contributed by atoms with Crippen molar-refractivity contribution in [2.24, 2.45) is 0 Å². The first kappa shape index (κ1) is 12.2. The van der Waals surface area contributed by atoms with Gasteiger partial charge in [-0.2, -0.15) is 0 Å². The molecule has 0 aliphatic heterocycles. The number of likely N-dealkylation sites (N-methyl/N-ethyl adjacent to an activating group) is 1. The maximum Gasteiger partial charge on any atom is 0.133 e. The van der Waals surface area contributed by atoms with Crippen LogP contribution in [0.2, 0.25) is 5.15 Å². The number of rotatable bonds is 4. The summed E-state index contributed by atoms with van der Waals surface area (Å²) in [5, 5.41) is 2.52. The summed E-state index contributed by atoms with van der Waals surface area (Å²) in [6.45, 7) is 0.896. The van der Waals surface area contributed by atoms with Gasteiger partial charge in [-0.1, -0.05) is 17.7 Å². The van der Waals surface area contributed by atoms with E-state index in [4.69, 9.17) is 17.3 Å². The first-order chi connectivity index (χ1) is 8.15. The number of aromatic nitrogens is 1. The molecule has 2 rings (SSSR count). The summed E-state index contributed by atoms with van der Waals surface area (Å²) in [7, 11) is 1.99. The molecule has 0 aromatic carbocycles. The SMILES string of the molecule is CN(CCc1cccs1)c1cc(N)cc(Cl)n1. The summed E-state index contributed by atoms with van der Waals surface area (Å²) in [5.41, 5.74) is 6.38. The Bertz CT molecular complexity index is 464. The summed E-state index contributed by atoms with van der Waals surface area (Å²) in [5.74, 6) is 0.812. The monoisotopic (exact) mass is 267 g/mol. The third-order valence-electron chi connectivity index (χ3n) is 2.47. The molecular formula is C12H14ClN3S. The van der Waals surface area contributed by atoms with Crippen molar-refractivity contribution in [1.29, 1.82) is 0 Å². The highest BCUT2D eigenvalue weighted by atomic mass is 35.5. The van der Waals surface area contributed by atoms with Gasteiger partial charge in [-0.15, -0.1) is 11.3 Å². The topological polar surface area (TPSA) is 42.1 Å². The van der Waals surface area contributed by atoms with Gasteiger partial charge in [0.1, 0.15) is 11.0 Å². The molecule has 3 nitrogen and oxygen atoms in total. The fourth-order valence-electron chi connectivity index (χ4n) is 1.55. The minimum absolute atomic E-state index is 0.433. The fraction of sp³-hybridized carbons (Fsp3) is 0.250. The molecule has 2 heterocycles. The molecule has 0 aliphatic rings. The quantitative estimate of drug-likeness (QED) is 0.866. The van der Waals surface area contributed by atoms with Crippen molar-refractivity contribution in [2.45, 2.75) is 6.42 Å². The van der Waals surface area contributed by atoms with E-state index in [1.54, 1.807) is 17.4 Å². The van der Waals surface area contributed by atoms with E-state index in [1.165, 1.54) is 4.88 Å². The maximum absolute atomic E-state index is 5.88. The average molecular weight is 268 g/mol. The Morgan fingerprint density at radius 3 is 2.94 bits per heavy atom. The Balaban J connectivity index is 2.01. The molecule has 0 amide bonds. The molecule has 0 aliphatic carbocycles. The molecule has 0 radical (unpaired) electrons. The van der Waals surface area contributed by atoms with Gasteiger partial charge in [0, 0.05) is 30.2 Å². The van der Waals surface area contributed by atoms with Gasteiger partial charge < -0.3 is 10.6 Å². The molecule has 0 spiro atoms. The molecule has 0 atom stereocenters. The summed E-state index contributed by atoms with van der Waals surface area (Å²) in [6.07, 6.45) is 1.00. The van der Waals surface area contributed by atoms with E-state index in [9.17, 15) is 0 Å². The van der Waals surface area contributed by atoms with Gasteiger partial charge in [-0.3, -0.25) is 0 Å². The normalized spacial score (nSPS) is 10.5. The molecule has 90 valence electrons. The van der Waals surface area contributed by atoms with Gasteiger partial charge in [0.15, 0.2) is 0 Å². The molecular weight excluding hydrogens is 254 g/mol. The Labute approximate surface area is 110 Å². The second kappa shape index (κ2) is 5.38. The Hall–Kier alpha value is -1.26. The van der Waals surface area contributed by atoms with Crippen molar-refractivity contribution in [3.05, 3.63) is 39.7 Å². The Kier molecular flexibility index (Phi) is 3.86. The van der Waals surface area contributed by atoms with Gasteiger partial charge >= 0.3 is 0 Å². The van der Waals surface area contributed by atoms with E-state index < -0.39 is 0 Å². The highest BCUT2D eigenvalue weighted by Gasteiger charge is 2.05. The van der Waals surface area contributed by atoms with Crippen molar-refractivity contribution < 1.29 is 0 Å². The van der Waals surface area contributed by atoms with Gasteiger partial charge in [0.05, 0.1) is 0 Å². The van der Waals surface area contributed by atoms with E-state index in [0.29, 0.717) is 10.8 Å². The van der Waals surface area contributed by atoms with Crippen LogP contribution < -0.4 is 10.6 Å². The zero-order valence-corrected chi connectivity index (χ0v) is 11.1. The van der Waals surface area contributed by atoms with Gasteiger partial charge in [0.2, 0.25) is 0 Å². The number of pyridine rings is 1. The number of nitrogen functional groups attached to an aromatic ring is 1. The molecule has 0 saturated heterocycles. The minimum atomic E-state index is 0.433. The van der Waals surface area contributed by atoms with Gasteiger partial charge in [0.25, 0.3) is 0 Å². The standard InChI is InChI=1S/C12H14ClN3S/c1-16(5-4-10-3-2-6-17-10)12-8-9(14)7-11(13)15-12/h2-3,6-8H,4-5H2,1H3,(H2,14,15). The van der Waals surface area contributed by atoms with E-state index in [2.05, 4.69) is 27.4 Å². The first-order valence-corrected chi connectivity index (χ1v) is 6.57. The number of nitrogens with zero attached hydrogens (tertiary/aromatic N) is 2. The number of halogens is 1. The number of thiophene rings is 1. The molecule has 0 saturated carbocycles. The number of hydrogen-bond acceptors (Lipinski definition) is 4. The molecule has 2 aromatic heterocycles. The maximum atomic E-state index is 5.88. The third kappa shape index (κ3) is 3.35. The van der Waals surface area contributed by atoms with Crippen molar-refractivity contribution in [3.63, 3.8) is 0 Å². The van der Waals surface area contributed by atoms with E-state index in [-0.39, 0.29) is 0 Å². The van der Waals surface area contributed by atoms with Crippen LogP contribution >= 0.6 is 22.9 Å². The zero-order chi connectivity index (χ0) is 12.3. The van der Waals surface area contributed by atoms with Crippen molar-refractivity contribution in [3.8, 4) is 0 Å². The summed E-state index contributed by atoms with van der Waals surface area (Å²) < 4.78 is 0. The fourth-order valence-corrected chi connectivity index (χ4v) is 2.46. The van der Waals surface area contributed by atoms with Crippen molar-refractivity contribution >= 4 is 34.4 Å². The van der Waals surface area contributed by atoms with Gasteiger partial charge in [-0.05, 0) is 23.9 Å². The molecule has 17 heavy (non-hydrogen) atoms. The first-order valence-electron chi connectivity index (χ1n) is 5.32. The summed E-state index contributed by atoms with van der Waals surface area (Å²) in [4.78, 5) is 7.67. The third-order valence-corrected chi connectivity index (χ3v) is 3.60. The molecule has 5 heteroatoms. The molecule has 0 unspecified atom stereocenters. The molecule has 0 bridgehead atoms.